The molecule has 0 aliphatic heterocycles. The van der Waals surface area contributed by atoms with Gasteiger partial charge in [-0.25, -0.2) is 14.6 Å². The van der Waals surface area contributed by atoms with Gasteiger partial charge in [-0.1, -0.05) is 41.9 Å². The van der Waals surface area contributed by atoms with E-state index >= 15 is 0 Å². The van der Waals surface area contributed by atoms with Crippen LogP contribution in [-0.2, 0) is 11.3 Å². The number of nitrogens with one attached hydrogen (secondary N) is 1. The van der Waals surface area contributed by atoms with Gasteiger partial charge in [0.25, 0.3) is 0 Å². The molecule has 0 atom stereocenters. The lowest BCUT2D eigenvalue weighted by molar-refractivity contribution is 0.0696. The number of amides is 1. The van der Waals surface area contributed by atoms with Crippen molar-refractivity contribution >= 4 is 29.4 Å². The Kier molecular flexibility index (Phi) is 4.73. The highest BCUT2D eigenvalue weighted by Gasteiger charge is 2.12. The molecular formula is C14H11ClN2O4. The Labute approximate surface area is 125 Å². The molecule has 2 aromatic rings. The molecule has 0 spiro atoms. The van der Waals surface area contributed by atoms with Crippen molar-refractivity contribution < 1.29 is 19.4 Å². The summed E-state index contributed by atoms with van der Waals surface area (Å²) in [7, 11) is 0. The summed E-state index contributed by atoms with van der Waals surface area (Å²) in [6.07, 6.45) is 0.357. The number of hydrogen-bond acceptors (Lipinski definition) is 4. The Balaban J connectivity index is 1.99. The first kappa shape index (κ1) is 14.8. The van der Waals surface area contributed by atoms with Gasteiger partial charge in [0.05, 0.1) is 11.3 Å². The van der Waals surface area contributed by atoms with Gasteiger partial charge in [-0.15, -0.1) is 0 Å². The van der Waals surface area contributed by atoms with Gasteiger partial charge in [0.15, 0.2) is 5.15 Å². The Morgan fingerprint density at radius 2 is 2.00 bits per heavy atom. The molecule has 0 bridgehead atoms. The van der Waals surface area contributed by atoms with Crippen molar-refractivity contribution in [1.29, 1.82) is 0 Å². The summed E-state index contributed by atoms with van der Waals surface area (Å²) in [5.74, 6) is -1.17. The van der Waals surface area contributed by atoms with Crippen molar-refractivity contribution in [2.24, 2.45) is 0 Å². The topological polar surface area (TPSA) is 88.5 Å². The zero-order chi connectivity index (χ0) is 15.2. The minimum absolute atomic E-state index is 0.0170. The van der Waals surface area contributed by atoms with Crippen LogP contribution in [0.15, 0.2) is 42.6 Å². The smallest absolute Gasteiger partial charge is 0.412 e. The van der Waals surface area contributed by atoms with Crippen molar-refractivity contribution in [2.75, 3.05) is 5.32 Å². The van der Waals surface area contributed by atoms with E-state index in [4.69, 9.17) is 21.4 Å². The van der Waals surface area contributed by atoms with Crippen LogP contribution in [0.4, 0.5) is 10.5 Å². The normalized spacial score (nSPS) is 9.95. The molecule has 0 radical (unpaired) electrons. The van der Waals surface area contributed by atoms with Crippen molar-refractivity contribution in [3.8, 4) is 0 Å². The number of anilines is 1. The quantitative estimate of drug-likeness (QED) is 0.847. The average molecular weight is 307 g/mol. The van der Waals surface area contributed by atoms with Gasteiger partial charge >= 0.3 is 12.1 Å². The van der Waals surface area contributed by atoms with Crippen LogP contribution < -0.4 is 5.32 Å². The molecule has 0 saturated heterocycles. The van der Waals surface area contributed by atoms with Crippen LogP contribution in [0.3, 0.4) is 0 Å². The molecule has 2 N–H and O–H groups in total. The predicted molar refractivity (Wildman–Crippen MR) is 76.5 cm³/mol. The van der Waals surface area contributed by atoms with Crippen LogP contribution in [0.5, 0.6) is 0 Å². The maximum absolute atomic E-state index is 11.7. The number of ether oxygens (including phenoxy) is 1. The molecule has 0 fully saturated rings. The largest absolute Gasteiger partial charge is 0.478 e. The number of aromatic carboxylic acids is 1. The molecule has 6 nitrogen and oxygen atoms in total. The summed E-state index contributed by atoms with van der Waals surface area (Å²) in [5, 5.41) is 11.2. The van der Waals surface area contributed by atoms with Crippen molar-refractivity contribution in [1.82, 2.24) is 4.98 Å². The molecule has 1 amide bonds. The number of nitrogens with zero attached hydrogens (tertiary/aromatic N) is 1. The maximum atomic E-state index is 11.7. The molecule has 1 heterocycles. The second-order valence-electron chi connectivity index (χ2n) is 4.05. The van der Waals surface area contributed by atoms with Crippen LogP contribution in [-0.4, -0.2) is 22.2 Å². The third kappa shape index (κ3) is 4.19. The molecule has 2 rings (SSSR count). The van der Waals surface area contributed by atoms with Crippen LogP contribution >= 0.6 is 11.6 Å². The molecule has 21 heavy (non-hydrogen) atoms. The fraction of sp³-hybridized carbons (Fsp3) is 0.0714. The van der Waals surface area contributed by atoms with Crippen LogP contribution in [0.25, 0.3) is 0 Å². The summed E-state index contributed by atoms with van der Waals surface area (Å²) >= 11 is 5.79. The van der Waals surface area contributed by atoms with Gasteiger partial charge in [0.1, 0.15) is 6.61 Å². The molecule has 0 aliphatic rings. The molecule has 1 aromatic carbocycles. The molecule has 0 saturated carbocycles. The van der Waals surface area contributed by atoms with Crippen LogP contribution in [0.2, 0.25) is 5.15 Å². The van der Waals surface area contributed by atoms with Crippen LogP contribution in [0, 0.1) is 0 Å². The fourth-order valence-corrected chi connectivity index (χ4v) is 1.67. The van der Waals surface area contributed by atoms with E-state index in [-0.39, 0.29) is 23.0 Å². The van der Waals surface area contributed by atoms with Crippen LogP contribution in [0.1, 0.15) is 15.9 Å². The second kappa shape index (κ2) is 6.71. The number of carbonyl (C=O) groups excluding carboxylic acids is 1. The zero-order valence-corrected chi connectivity index (χ0v) is 11.5. The maximum Gasteiger partial charge on any atom is 0.412 e. The average Bonchev–Trinajstić information content (AvgIpc) is 2.48. The van der Waals surface area contributed by atoms with E-state index in [1.807, 2.05) is 30.3 Å². The van der Waals surface area contributed by atoms with E-state index in [0.29, 0.717) is 0 Å². The van der Waals surface area contributed by atoms with Crippen molar-refractivity contribution in [3.63, 3.8) is 0 Å². The predicted octanol–water partition coefficient (Wildman–Crippen LogP) is 3.18. The number of carboxylic acids is 1. The number of carboxylic acid groups (broad SMARTS) is 1. The Hall–Kier alpha value is -2.60. The van der Waals surface area contributed by atoms with E-state index in [1.165, 1.54) is 6.07 Å². The minimum Gasteiger partial charge on any atom is -0.478 e. The van der Waals surface area contributed by atoms with E-state index in [9.17, 15) is 9.59 Å². The number of benzene rings is 1. The van der Waals surface area contributed by atoms with E-state index in [0.717, 1.165) is 11.8 Å². The Morgan fingerprint density at radius 3 is 2.67 bits per heavy atom. The first-order valence-corrected chi connectivity index (χ1v) is 6.30. The third-order valence-corrected chi connectivity index (χ3v) is 2.84. The number of rotatable bonds is 4. The number of carbonyl (C=O) groups is 2. The summed E-state index contributed by atoms with van der Waals surface area (Å²) in [5.41, 5.74) is 0.823. The highest BCUT2D eigenvalue weighted by atomic mass is 35.5. The van der Waals surface area contributed by atoms with Gasteiger partial charge in [0, 0.05) is 6.20 Å². The first-order chi connectivity index (χ1) is 10.1. The Bertz CT molecular complexity index is 661. The SMILES string of the molecule is O=C(Nc1cc(C(=O)O)cnc1Cl)OCc1ccccc1. The standard InChI is InChI=1S/C14H11ClN2O4/c15-12-11(6-10(7-16-12)13(18)19)17-14(20)21-8-9-4-2-1-3-5-9/h1-7H,8H2,(H,17,20)(H,18,19). The third-order valence-electron chi connectivity index (χ3n) is 2.54. The lowest BCUT2D eigenvalue weighted by Gasteiger charge is -2.08. The molecule has 0 unspecified atom stereocenters. The number of hydrogen-bond donors (Lipinski definition) is 2. The molecular weight excluding hydrogens is 296 g/mol. The molecule has 0 aliphatic carbocycles. The number of pyridine rings is 1. The lowest BCUT2D eigenvalue weighted by Crippen LogP contribution is -2.14. The summed E-state index contributed by atoms with van der Waals surface area (Å²) in [6.45, 7) is 0.0936. The molecule has 1 aromatic heterocycles. The lowest BCUT2D eigenvalue weighted by atomic mass is 10.2. The second-order valence-corrected chi connectivity index (χ2v) is 4.41. The van der Waals surface area contributed by atoms with Crippen molar-refractivity contribution in [2.45, 2.75) is 6.61 Å². The highest BCUT2D eigenvalue weighted by Crippen LogP contribution is 2.20. The van der Waals surface area contributed by atoms with Crippen molar-refractivity contribution in [3.05, 3.63) is 58.9 Å². The van der Waals surface area contributed by atoms with Gasteiger partial charge < -0.3 is 9.84 Å². The fourth-order valence-electron chi connectivity index (χ4n) is 1.52. The molecule has 108 valence electrons. The molecule has 7 heteroatoms. The summed E-state index contributed by atoms with van der Waals surface area (Å²) < 4.78 is 5.00. The summed E-state index contributed by atoms with van der Waals surface area (Å²) in [4.78, 5) is 26.2. The van der Waals surface area contributed by atoms with Gasteiger partial charge in [-0.3, -0.25) is 5.32 Å². The number of aromatic nitrogens is 1. The monoisotopic (exact) mass is 306 g/mol. The van der Waals surface area contributed by atoms with Gasteiger partial charge in [0.2, 0.25) is 0 Å². The van der Waals surface area contributed by atoms with E-state index in [2.05, 4.69) is 10.3 Å². The van der Waals surface area contributed by atoms with E-state index < -0.39 is 12.1 Å². The minimum atomic E-state index is -1.17. The number of halogens is 1. The van der Waals surface area contributed by atoms with E-state index in [1.54, 1.807) is 0 Å². The Morgan fingerprint density at radius 1 is 1.29 bits per heavy atom. The zero-order valence-electron chi connectivity index (χ0n) is 10.7. The van der Waals surface area contributed by atoms with Gasteiger partial charge in [-0.2, -0.15) is 0 Å². The first-order valence-electron chi connectivity index (χ1n) is 5.93. The highest BCUT2D eigenvalue weighted by molar-refractivity contribution is 6.32. The van der Waals surface area contributed by atoms with Gasteiger partial charge in [-0.05, 0) is 11.6 Å². The summed E-state index contributed by atoms with van der Waals surface area (Å²) in [6, 6.07) is 10.3.